The Kier molecular flexibility index (Phi) is 4.49. The van der Waals surface area contributed by atoms with Crippen LogP contribution < -0.4 is 5.73 Å². The quantitative estimate of drug-likeness (QED) is 0.481. The predicted molar refractivity (Wildman–Crippen MR) is 62.5 cm³/mol. The smallest absolute Gasteiger partial charge is 0.340 e. The Balaban J connectivity index is 2.93. The molecule has 0 aliphatic heterocycles. The summed E-state index contributed by atoms with van der Waals surface area (Å²) in [6, 6.07) is 5.02. The van der Waals surface area contributed by atoms with E-state index in [1.807, 2.05) is 6.07 Å². The minimum absolute atomic E-state index is 0.157. The van der Waals surface area contributed by atoms with Gasteiger partial charge in [0.25, 0.3) is 0 Å². The Labute approximate surface area is 99.7 Å². The normalized spacial score (nSPS) is 9.71. The van der Waals surface area contributed by atoms with E-state index in [1.54, 1.807) is 13.0 Å². The van der Waals surface area contributed by atoms with E-state index in [4.69, 9.17) is 20.5 Å². The Hall–Kier alpha value is -2.06. The summed E-state index contributed by atoms with van der Waals surface area (Å²) in [7, 11) is 1.52. The molecule has 0 aliphatic rings. The number of benzene rings is 1. The van der Waals surface area contributed by atoms with Crippen LogP contribution >= 0.6 is 0 Å². The maximum atomic E-state index is 11.7. The van der Waals surface area contributed by atoms with Gasteiger partial charge in [0.2, 0.25) is 0 Å². The minimum Gasteiger partial charge on any atom is -0.460 e. The van der Waals surface area contributed by atoms with Gasteiger partial charge in [0.05, 0.1) is 23.8 Å². The number of ether oxygens (including phenoxy) is 2. The average Bonchev–Trinajstić information content (AvgIpc) is 2.32. The molecule has 0 saturated carbocycles. The zero-order valence-corrected chi connectivity index (χ0v) is 9.82. The largest absolute Gasteiger partial charge is 0.460 e. The van der Waals surface area contributed by atoms with Crippen LogP contribution in [0.3, 0.4) is 0 Å². The number of esters is 1. The van der Waals surface area contributed by atoms with Crippen LogP contribution in [0.4, 0.5) is 5.69 Å². The monoisotopic (exact) mass is 234 g/mol. The van der Waals surface area contributed by atoms with E-state index in [0.29, 0.717) is 23.4 Å². The number of anilines is 1. The first-order valence-electron chi connectivity index (χ1n) is 5.06. The van der Waals surface area contributed by atoms with E-state index in [9.17, 15) is 4.79 Å². The average molecular weight is 234 g/mol. The third-order valence-electron chi connectivity index (χ3n) is 2.26. The maximum absolute atomic E-state index is 11.7. The third kappa shape index (κ3) is 3.20. The Morgan fingerprint density at radius 1 is 1.47 bits per heavy atom. The maximum Gasteiger partial charge on any atom is 0.340 e. The highest BCUT2D eigenvalue weighted by molar-refractivity contribution is 5.96. The van der Waals surface area contributed by atoms with Crippen molar-refractivity contribution in [2.45, 2.75) is 6.92 Å². The van der Waals surface area contributed by atoms with Crippen molar-refractivity contribution in [2.24, 2.45) is 0 Å². The lowest BCUT2D eigenvalue weighted by Crippen LogP contribution is -2.12. The minimum atomic E-state index is -0.542. The molecular weight excluding hydrogens is 220 g/mol. The first kappa shape index (κ1) is 13.0. The number of nitriles is 1. The van der Waals surface area contributed by atoms with Gasteiger partial charge in [-0.05, 0) is 24.6 Å². The molecule has 1 rings (SSSR count). The molecule has 1 aromatic carbocycles. The molecule has 0 atom stereocenters. The van der Waals surface area contributed by atoms with Crippen LogP contribution in [-0.2, 0) is 9.47 Å². The number of methoxy groups -OCH3 is 1. The molecule has 17 heavy (non-hydrogen) atoms. The Bertz CT molecular complexity index is 464. The molecule has 5 nitrogen and oxygen atoms in total. The molecule has 2 N–H and O–H groups in total. The fourth-order valence-corrected chi connectivity index (χ4v) is 1.33. The number of aryl methyl sites for hydroxylation is 1. The number of carbonyl (C=O) groups excluding carboxylic acids is 1. The number of hydrogen-bond acceptors (Lipinski definition) is 5. The molecule has 0 saturated heterocycles. The molecule has 0 fully saturated rings. The van der Waals surface area contributed by atoms with E-state index in [-0.39, 0.29) is 12.2 Å². The van der Waals surface area contributed by atoms with Gasteiger partial charge >= 0.3 is 5.97 Å². The molecule has 0 spiro atoms. The lowest BCUT2D eigenvalue weighted by atomic mass is 10.0. The van der Waals surface area contributed by atoms with Gasteiger partial charge in [-0.3, -0.25) is 0 Å². The standard InChI is InChI=1S/C12H14N2O3/c1-8-5-9(7-13)6-10(11(8)14)12(15)17-4-3-16-2/h5-6H,3-4,14H2,1-2H3. The number of nitrogen functional groups attached to an aromatic ring is 1. The van der Waals surface area contributed by atoms with Crippen LogP contribution in [-0.4, -0.2) is 26.3 Å². The van der Waals surface area contributed by atoms with Gasteiger partial charge in [0.1, 0.15) is 6.61 Å². The summed E-state index contributed by atoms with van der Waals surface area (Å²) in [5.74, 6) is -0.542. The van der Waals surface area contributed by atoms with E-state index in [1.165, 1.54) is 13.2 Å². The second-order valence-electron chi connectivity index (χ2n) is 3.49. The van der Waals surface area contributed by atoms with Crippen molar-refractivity contribution in [1.82, 2.24) is 0 Å². The SMILES string of the molecule is COCCOC(=O)c1cc(C#N)cc(C)c1N. The molecule has 90 valence electrons. The summed E-state index contributed by atoms with van der Waals surface area (Å²) >= 11 is 0. The molecule has 0 heterocycles. The van der Waals surface area contributed by atoms with Crippen LogP contribution in [0.5, 0.6) is 0 Å². The van der Waals surface area contributed by atoms with Gasteiger partial charge in [0, 0.05) is 12.8 Å². The summed E-state index contributed by atoms with van der Waals surface area (Å²) in [4.78, 5) is 11.7. The van der Waals surface area contributed by atoms with E-state index >= 15 is 0 Å². The molecule has 0 amide bonds. The highest BCUT2D eigenvalue weighted by Gasteiger charge is 2.14. The van der Waals surface area contributed by atoms with Gasteiger partial charge in [-0.2, -0.15) is 5.26 Å². The zero-order chi connectivity index (χ0) is 12.8. The van der Waals surface area contributed by atoms with E-state index < -0.39 is 5.97 Å². The number of hydrogen-bond donors (Lipinski definition) is 1. The summed E-state index contributed by atoms with van der Waals surface area (Å²) in [6.07, 6.45) is 0. The second kappa shape index (κ2) is 5.87. The van der Waals surface area contributed by atoms with E-state index in [0.717, 1.165) is 0 Å². The summed E-state index contributed by atoms with van der Waals surface area (Å²) < 4.78 is 9.72. The summed E-state index contributed by atoms with van der Waals surface area (Å²) in [5, 5.41) is 8.81. The zero-order valence-electron chi connectivity index (χ0n) is 9.82. The fraction of sp³-hybridized carbons (Fsp3) is 0.333. The lowest BCUT2D eigenvalue weighted by Gasteiger charge is -2.09. The Morgan fingerprint density at radius 2 is 2.18 bits per heavy atom. The van der Waals surface area contributed by atoms with Crippen LogP contribution in [0, 0.1) is 18.3 Å². The molecule has 0 unspecified atom stereocenters. The van der Waals surface area contributed by atoms with Crippen molar-refractivity contribution in [1.29, 1.82) is 5.26 Å². The summed E-state index contributed by atoms with van der Waals surface area (Å²) in [5.41, 5.74) is 7.40. The number of nitrogens with zero attached hydrogens (tertiary/aromatic N) is 1. The van der Waals surface area contributed by atoms with Crippen molar-refractivity contribution in [3.05, 3.63) is 28.8 Å². The van der Waals surface area contributed by atoms with Crippen LogP contribution in [0.2, 0.25) is 0 Å². The molecule has 0 radical (unpaired) electrons. The second-order valence-corrected chi connectivity index (χ2v) is 3.49. The lowest BCUT2D eigenvalue weighted by molar-refractivity contribution is 0.0389. The fourth-order valence-electron chi connectivity index (χ4n) is 1.33. The van der Waals surface area contributed by atoms with Crippen LogP contribution in [0.1, 0.15) is 21.5 Å². The van der Waals surface area contributed by atoms with Gasteiger partial charge in [-0.25, -0.2) is 4.79 Å². The van der Waals surface area contributed by atoms with E-state index in [2.05, 4.69) is 0 Å². The van der Waals surface area contributed by atoms with Gasteiger partial charge in [0.15, 0.2) is 0 Å². The van der Waals surface area contributed by atoms with Crippen molar-refractivity contribution in [3.8, 4) is 6.07 Å². The molecule has 0 bridgehead atoms. The topological polar surface area (TPSA) is 85.3 Å². The number of carbonyl (C=O) groups is 1. The van der Waals surface area contributed by atoms with Crippen molar-refractivity contribution < 1.29 is 14.3 Å². The first-order chi connectivity index (χ1) is 8.10. The third-order valence-corrected chi connectivity index (χ3v) is 2.26. The van der Waals surface area contributed by atoms with Crippen molar-refractivity contribution in [3.63, 3.8) is 0 Å². The predicted octanol–water partition coefficient (Wildman–Crippen LogP) is 1.25. The van der Waals surface area contributed by atoms with Crippen LogP contribution in [0.25, 0.3) is 0 Å². The number of rotatable bonds is 4. The van der Waals surface area contributed by atoms with Crippen LogP contribution in [0.15, 0.2) is 12.1 Å². The van der Waals surface area contributed by atoms with Gasteiger partial charge in [-0.15, -0.1) is 0 Å². The molecule has 0 aromatic heterocycles. The highest BCUT2D eigenvalue weighted by Crippen LogP contribution is 2.20. The first-order valence-corrected chi connectivity index (χ1v) is 5.06. The Morgan fingerprint density at radius 3 is 2.76 bits per heavy atom. The van der Waals surface area contributed by atoms with Gasteiger partial charge < -0.3 is 15.2 Å². The highest BCUT2D eigenvalue weighted by atomic mass is 16.6. The molecule has 5 heteroatoms. The van der Waals surface area contributed by atoms with Crippen molar-refractivity contribution >= 4 is 11.7 Å². The molecular formula is C12H14N2O3. The molecule has 0 aliphatic carbocycles. The summed E-state index contributed by atoms with van der Waals surface area (Å²) in [6.45, 7) is 2.22. The number of nitrogens with two attached hydrogens (primary N) is 1. The van der Waals surface area contributed by atoms with Crippen molar-refractivity contribution in [2.75, 3.05) is 26.1 Å². The molecule has 1 aromatic rings. The van der Waals surface area contributed by atoms with Gasteiger partial charge in [-0.1, -0.05) is 0 Å².